The van der Waals surface area contributed by atoms with E-state index in [9.17, 15) is 14.7 Å². The van der Waals surface area contributed by atoms with Crippen molar-refractivity contribution in [3.05, 3.63) is 63.6 Å². The molecule has 4 nitrogen and oxygen atoms in total. The lowest BCUT2D eigenvalue weighted by Crippen LogP contribution is -2.14. The van der Waals surface area contributed by atoms with Crippen LogP contribution in [0.25, 0.3) is 0 Å². The molecule has 0 unspecified atom stereocenters. The Morgan fingerprint density at radius 2 is 1.90 bits per heavy atom. The third kappa shape index (κ3) is 3.70. The molecule has 0 atom stereocenters. The number of phenolic OH excluding ortho intramolecular Hbond substituents is 1. The average molecular weight is 349 g/mol. The molecule has 2 rings (SSSR count). The fourth-order valence-electron chi connectivity index (χ4n) is 1.78. The number of Topliss-reactive ketones (excluding diaryl/α,β-unsaturated/α-hetero) is 1. The van der Waals surface area contributed by atoms with Gasteiger partial charge in [0.2, 0.25) is 0 Å². The number of carbonyl (C=O) groups is 2. The van der Waals surface area contributed by atoms with Gasteiger partial charge in [-0.25, -0.2) is 4.79 Å². The smallest absolute Gasteiger partial charge is 0.342 e. The number of halogens is 1. The first-order valence-electron chi connectivity index (χ1n) is 6.23. The number of rotatable bonds is 4. The summed E-state index contributed by atoms with van der Waals surface area (Å²) < 4.78 is 5.73. The van der Waals surface area contributed by atoms with Crippen molar-refractivity contribution in [2.45, 2.75) is 6.92 Å². The number of hydrogen-bond acceptors (Lipinski definition) is 4. The number of para-hydroxylation sites is 1. The Morgan fingerprint density at radius 1 is 1.19 bits per heavy atom. The molecular formula is C16H13BrO4. The second-order valence-corrected chi connectivity index (χ2v) is 5.40. The topological polar surface area (TPSA) is 63.6 Å². The summed E-state index contributed by atoms with van der Waals surface area (Å²) in [7, 11) is 0. The van der Waals surface area contributed by atoms with Crippen LogP contribution in [0.15, 0.2) is 46.9 Å². The highest BCUT2D eigenvalue weighted by Crippen LogP contribution is 2.22. The van der Waals surface area contributed by atoms with Crippen LogP contribution in [0.2, 0.25) is 0 Å². The van der Waals surface area contributed by atoms with Gasteiger partial charge in [0.1, 0.15) is 11.3 Å². The van der Waals surface area contributed by atoms with E-state index >= 15 is 0 Å². The van der Waals surface area contributed by atoms with Crippen LogP contribution in [-0.2, 0) is 4.74 Å². The Balaban J connectivity index is 2.04. The lowest BCUT2D eigenvalue weighted by atomic mass is 10.1. The van der Waals surface area contributed by atoms with Gasteiger partial charge in [0.05, 0.1) is 0 Å². The molecular weight excluding hydrogens is 336 g/mol. The maximum absolute atomic E-state index is 11.9. The van der Waals surface area contributed by atoms with Crippen LogP contribution < -0.4 is 0 Å². The average Bonchev–Trinajstić information content (AvgIpc) is 2.47. The zero-order chi connectivity index (χ0) is 15.4. The first-order chi connectivity index (χ1) is 9.99. The summed E-state index contributed by atoms with van der Waals surface area (Å²) in [5.74, 6) is -1.16. The van der Waals surface area contributed by atoms with Gasteiger partial charge in [0.25, 0.3) is 0 Å². The molecule has 0 aliphatic rings. The molecule has 0 bridgehead atoms. The summed E-state index contributed by atoms with van der Waals surface area (Å²) in [6, 6.07) is 11.6. The van der Waals surface area contributed by atoms with Crippen LogP contribution >= 0.6 is 15.9 Å². The second kappa shape index (κ2) is 6.54. The molecule has 0 saturated carbocycles. The summed E-state index contributed by atoms with van der Waals surface area (Å²) in [5, 5.41) is 9.79. The van der Waals surface area contributed by atoms with Crippen LogP contribution in [0.3, 0.4) is 0 Å². The highest BCUT2D eigenvalue weighted by molar-refractivity contribution is 9.10. The van der Waals surface area contributed by atoms with Crippen molar-refractivity contribution >= 4 is 27.7 Å². The number of phenols is 1. The Morgan fingerprint density at radius 3 is 2.62 bits per heavy atom. The molecule has 0 aliphatic carbocycles. The highest BCUT2D eigenvalue weighted by Gasteiger charge is 2.16. The monoisotopic (exact) mass is 348 g/mol. The fourth-order valence-corrected chi connectivity index (χ4v) is 2.18. The van der Waals surface area contributed by atoms with Crippen molar-refractivity contribution in [1.82, 2.24) is 0 Å². The number of esters is 1. The standard InChI is InChI=1S/C16H13BrO4/c1-10-4-2-7-13(15(10)19)16(20)21-9-14(18)11-5-3-6-12(17)8-11/h2-8,19H,9H2,1H3. The summed E-state index contributed by atoms with van der Waals surface area (Å²) >= 11 is 3.27. The Bertz CT molecular complexity index is 694. The van der Waals surface area contributed by atoms with Crippen molar-refractivity contribution < 1.29 is 19.4 Å². The van der Waals surface area contributed by atoms with Gasteiger partial charge in [0, 0.05) is 10.0 Å². The predicted octanol–water partition coefficient (Wildman–Crippen LogP) is 3.50. The molecule has 0 heterocycles. The summed E-state index contributed by atoms with van der Waals surface area (Å²) in [6.45, 7) is 1.31. The van der Waals surface area contributed by atoms with E-state index in [4.69, 9.17) is 4.74 Å². The number of ether oxygens (including phenoxy) is 1. The minimum atomic E-state index is -0.723. The predicted molar refractivity (Wildman–Crippen MR) is 81.6 cm³/mol. The van der Waals surface area contributed by atoms with Crippen LogP contribution in [0, 0.1) is 6.92 Å². The van der Waals surface area contributed by atoms with Gasteiger partial charge < -0.3 is 9.84 Å². The third-order valence-electron chi connectivity index (χ3n) is 2.94. The number of benzene rings is 2. The van der Waals surface area contributed by atoms with E-state index < -0.39 is 5.97 Å². The largest absolute Gasteiger partial charge is 0.507 e. The van der Waals surface area contributed by atoms with Crippen molar-refractivity contribution in [3.8, 4) is 5.75 Å². The minimum absolute atomic E-state index is 0.0528. The van der Waals surface area contributed by atoms with Crippen LogP contribution in [0.1, 0.15) is 26.3 Å². The van der Waals surface area contributed by atoms with E-state index in [0.29, 0.717) is 11.1 Å². The molecule has 2 aromatic rings. The van der Waals surface area contributed by atoms with Gasteiger partial charge in [-0.05, 0) is 30.7 Å². The minimum Gasteiger partial charge on any atom is -0.507 e. The highest BCUT2D eigenvalue weighted by atomic mass is 79.9. The number of carbonyl (C=O) groups excluding carboxylic acids is 2. The summed E-state index contributed by atoms with van der Waals surface area (Å²) in [5.41, 5.74) is 1.07. The van der Waals surface area contributed by atoms with Crippen molar-refractivity contribution in [2.24, 2.45) is 0 Å². The third-order valence-corrected chi connectivity index (χ3v) is 3.43. The zero-order valence-corrected chi connectivity index (χ0v) is 12.9. The van der Waals surface area contributed by atoms with Crippen LogP contribution in [0.4, 0.5) is 0 Å². The first kappa shape index (κ1) is 15.3. The van der Waals surface area contributed by atoms with Crippen LogP contribution in [0.5, 0.6) is 5.75 Å². The molecule has 0 aliphatic heterocycles. The molecule has 0 spiro atoms. The first-order valence-corrected chi connectivity index (χ1v) is 7.03. The molecule has 21 heavy (non-hydrogen) atoms. The molecule has 0 amide bonds. The maximum Gasteiger partial charge on any atom is 0.342 e. The van der Waals surface area contributed by atoms with E-state index in [1.54, 1.807) is 43.3 Å². The maximum atomic E-state index is 11.9. The zero-order valence-electron chi connectivity index (χ0n) is 11.3. The van der Waals surface area contributed by atoms with E-state index in [-0.39, 0.29) is 23.7 Å². The van der Waals surface area contributed by atoms with Gasteiger partial charge in [-0.15, -0.1) is 0 Å². The molecule has 0 aromatic heterocycles. The van der Waals surface area contributed by atoms with Gasteiger partial charge in [-0.2, -0.15) is 0 Å². The summed E-state index contributed by atoms with van der Waals surface area (Å²) in [4.78, 5) is 23.8. The number of ketones is 1. The normalized spacial score (nSPS) is 10.2. The van der Waals surface area contributed by atoms with E-state index in [2.05, 4.69) is 15.9 Å². The second-order valence-electron chi connectivity index (χ2n) is 4.48. The lowest BCUT2D eigenvalue weighted by molar-refractivity contribution is 0.0471. The van der Waals surface area contributed by atoms with Crippen molar-refractivity contribution in [1.29, 1.82) is 0 Å². The van der Waals surface area contributed by atoms with E-state index in [1.165, 1.54) is 6.07 Å². The van der Waals surface area contributed by atoms with E-state index in [0.717, 1.165) is 4.47 Å². The van der Waals surface area contributed by atoms with Crippen molar-refractivity contribution in [2.75, 3.05) is 6.61 Å². The number of aryl methyl sites for hydroxylation is 1. The molecule has 0 radical (unpaired) electrons. The number of hydrogen-bond donors (Lipinski definition) is 1. The Hall–Kier alpha value is -2.14. The molecule has 0 saturated heterocycles. The molecule has 2 aromatic carbocycles. The van der Waals surface area contributed by atoms with Gasteiger partial charge >= 0.3 is 5.97 Å². The van der Waals surface area contributed by atoms with Gasteiger partial charge in [-0.3, -0.25) is 4.79 Å². The SMILES string of the molecule is Cc1cccc(C(=O)OCC(=O)c2cccc(Br)c2)c1O. The fraction of sp³-hybridized carbons (Fsp3) is 0.125. The van der Waals surface area contributed by atoms with Gasteiger partial charge in [-0.1, -0.05) is 40.2 Å². The number of aromatic hydroxyl groups is 1. The quantitative estimate of drug-likeness (QED) is 0.678. The lowest BCUT2D eigenvalue weighted by Gasteiger charge is -2.07. The molecule has 0 fully saturated rings. The molecule has 5 heteroatoms. The van der Waals surface area contributed by atoms with Crippen molar-refractivity contribution in [3.63, 3.8) is 0 Å². The summed E-state index contributed by atoms with van der Waals surface area (Å²) in [6.07, 6.45) is 0. The Labute approximate surface area is 130 Å². The molecule has 108 valence electrons. The molecule has 1 N–H and O–H groups in total. The van der Waals surface area contributed by atoms with Crippen LogP contribution in [-0.4, -0.2) is 23.5 Å². The van der Waals surface area contributed by atoms with E-state index in [1.807, 2.05) is 0 Å². The van der Waals surface area contributed by atoms with Gasteiger partial charge in [0.15, 0.2) is 12.4 Å². The Kier molecular flexibility index (Phi) is 4.75.